The third kappa shape index (κ3) is 9.31. The van der Waals surface area contributed by atoms with Crippen molar-refractivity contribution in [3.8, 4) is 17.2 Å². The van der Waals surface area contributed by atoms with Crippen molar-refractivity contribution in [1.82, 2.24) is 4.90 Å². The molecule has 1 unspecified atom stereocenters. The molecule has 66 heavy (non-hydrogen) atoms. The van der Waals surface area contributed by atoms with E-state index in [2.05, 4.69) is 61.2 Å². The third-order valence-corrected chi connectivity index (χ3v) is 14.0. The van der Waals surface area contributed by atoms with Crippen molar-refractivity contribution in [1.29, 1.82) is 0 Å². The molecule has 4 aliphatic rings. The summed E-state index contributed by atoms with van der Waals surface area (Å²) in [6.45, 7) is 5.23. The molecule has 11 nitrogen and oxygen atoms in total. The fourth-order valence-electron chi connectivity index (χ4n) is 11.0. The van der Waals surface area contributed by atoms with Crippen LogP contribution in [0.1, 0.15) is 81.3 Å². The van der Waals surface area contributed by atoms with Gasteiger partial charge in [-0.05, 0) is 113 Å². The second-order valence-electron chi connectivity index (χ2n) is 18.0. The molecule has 2 heterocycles. The van der Waals surface area contributed by atoms with E-state index in [4.69, 9.17) is 33.7 Å². The van der Waals surface area contributed by atoms with Gasteiger partial charge in [-0.2, -0.15) is 0 Å². The van der Waals surface area contributed by atoms with Crippen LogP contribution in [-0.2, 0) is 25.6 Å². The van der Waals surface area contributed by atoms with Gasteiger partial charge in [0.15, 0.2) is 0 Å². The lowest BCUT2D eigenvalue weighted by atomic mass is 9.55. The number of oxime groups is 1. The molecule has 1 saturated heterocycles. The van der Waals surface area contributed by atoms with E-state index in [9.17, 15) is 15.0 Å². The number of fused-ring (bicyclic) bond motifs is 4. The largest absolute Gasteiger partial charge is 0.459 e. The summed E-state index contributed by atoms with van der Waals surface area (Å²) in [5, 5.41) is 29.4. The Hall–Kier alpha value is -5.72. The third-order valence-electron chi connectivity index (χ3n) is 14.0. The molecule has 0 spiro atoms. The van der Waals surface area contributed by atoms with Crippen molar-refractivity contribution in [3.05, 3.63) is 139 Å². The molecule has 1 amide bonds. The van der Waals surface area contributed by atoms with Crippen LogP contribution in [0.5, 0.6) is 17.2 Å². The smallest absolute Gasteiger partial charge is 0.410 e. The second-order valence-corrected chi connectivity index (χ2v) is 18.0. The molecule has 0 bridgehead atoms. The molecule has 2 aliphatic carbocycles. The molecule has 2 aliphatic heterocycles. The number of aliphatic hydroxyl groups is 2. The summed E-state index contributed by atoms with van der Waals surface area (Å²) >= 11 is 0. The van der Waals surface area contributed by atoms with E-state index in [0.717, 1.165) is 88.9 Å². The van der Waals surface area contributed by atoms with Crippen molar-refractivity contribution in [2.75, 3.05) is 33.5 Å². The van der Waals surface area contributed by atoms with Crippen molar-refractivity contribution < 1.29 is 43.5 Å². The Morgan fingerprint density at radius 2 is 1.64 bits per heavy atom. The maximum Gasteiger partial charge on any atom is 0.410 e. The van der Waals surface area contributed by atoms with Gasteiger partial charge in [0.25, 0.3) is 0 Å². The second kappa shape index (κ2) is 20.8. The summed E-state index contributed by atoms with van der Waals surface area (Å²) in [7, 11) is 1.41. The Labute approximate surface area is 387 Å². The van der Waals surface area contributed by atoms with Crippen LogP contribution in [0.3, 0.4) is 0 Å². The van der Waals surface area contributed by atoms with Gasteiger partial charge in [0, 0.05) is 37.5 Å². The highest BCUT2D eigenvalue weighted by Gasteiger charge is 2.65. The minimum Gasteiger partial charge on any atom is -0.459 e. The molecule has 5 aromatic rings. The summed E-state index contributed by atoms with van der Waals surface area (Å²) in [5.74, 6) is -0.0452. The van der Waals surface area contributed by atoms with Crippen molar-refractivity contribution in [2.24, 2.45) is 22.9 Å². The number of amides is 1. The number of unbranched alkanes of at least 4 members (excludes halogenated alkanes) is 2. The summed E-state index contributed by atoms with van der Waals surface area (Å²) in [5.41, 5.74) is 3.57. The van der Waals surface area contributed by atoms with Crippen LogP contribution in [0.15, 0.2) is 133 Å². The number of carbonyl (C=O) groups excluding carboxylic acids is 1. The number of aliphatic hydroxyl groups excluding tert-OH is 2. The SMILES string of the molecule is C=CCO[C@@]12Oc3ccc(Oc4ccc5ccccc5c4)cc3[C@H]3[C@H](CCCCO)[C@@H](CCCCO)C=C(C(=NOC4CCCCO4)C[C@@H]1N(Cc1cccc4ccccc14)C(=O)OC)[C@H]32. The maximum absolute atomic E-state index is 14.6. The zero-order valence-corrected chi connectivity index (χ0v) is 37.9. The van der Waals surface area contributed by atoms with Gasteiger partial charge in [-0.15, -0.1) is 6.58 Å². The van der Waals surface area contributed by atoms with Crippen LogP contribution in [-0.4, -0.2) is 78.6 Å². The molecule has 2 N–H and O–H groups in total. The van der Waals surface area contributed by atoms with Crippen LogP contribution in [0.25, 0.3) is 21.5 Å². The summed E-state index contributed by atoms with van der Waals surface area (Å²) < 4.78 is 33.1. The Bertz CT molecular complexity index is 2550. The van der Waals surface area contributed by atoms with E-state index in [0.29, 0.717) is 36.7 Å². The summed E-state index contributed by atoms with van der Waals surface area (Å²) in [6.07, 6.45) is 10.6. The fraction of sp³-hybridized carbons (Fsp3) is 0.418. The Morgan fingerprint density at radius 1 is 0.879 bits per heavy atom. The average molecular weight is 895 g/mol. The molecular weight excluding hydrogens is 833 g/mol. The minimum atomic E-state index is -1.46. The van der Waals surface area contributed by atoms with Gasteiger partial charge in [-0.25, -0.2) is 4.79 Å². The Kier molecular flexibility index (Phi) is 14.4. The minimum absolute atomic E-state index is 0.0431. The lowest BCUT2D eigenvalue weighted by Crippen LogP contribution is -2.70. The predicted octanol–water partition coefficient (Wildman–Crippen LogP) is 11.2. The molecule has 0 radical (unpaired) electrons. The van der Waals surface area contributed by atoms with Gasteiger partial charge in [0.1, 0.15) is 23.3 Å². The van der Waals surface area contributed by atoms with Crippen LogP contribution >= 0.6 is 0 Å². The monoisotopic (exact) mass is 894 g/mol. The zero-order chi connectivity index (χ0) is 45.5. The van der Waals surface area contributed by atoms with Crippen molar-refractivity contribution in [3.63, 3.8) is 0 Å². The summed E-state index contributed by atoms with van der Waals surface area (Å²) in [6, 6.07) is 33.9. The number of allylic oxidation sites excluding steroid dienone is 1. The maximum atomic E-state index is 14.6. The molecule has 11 heteroatoms. The molecule has 2 fully saturated rings. The number of hydrogen-bond acceptors (Lipinski definition) is 10. The van der Waals surface area contributed by atoms with Gasteiger partial charge >= 0.3 is 6.09 Å². The molecule has 1 saturated carbocycles. The number of nitrogens with zero attached hydrogens (tertiary/aromatic N) is 2. The average Bonchev–Trinajstić information content (AvgIpc) is 3.35. The van der Waals surface area contributed by atoms with E-state index < -0.39 is 30.1 Å². The molecule has 346 valence electrons. The molecule has 7 atom stereocenters. The number of hydrogen-bond donors (Lipinski definition) is 2. The van der Waals surface area contributed by atoms with Gasteiger partial charge in [0.05, 0.1) is 38.5 Å². The molecular formula is C55H62N2O9. The Balaban J connectivity index is 1.24. The van der Waals surface area contributed by atoms with E-state index in [-0.39, 0.29) is 50.5 Å². The quantitative estimate of drug-likeness (QED) is 0.0502. The highest BCUT2D eigenvalue weighted by atomic mass is 16.8. The number of ether oxygens (including phenoxy) is 5. The highest BCUT2D eigenvalue weighted by Crippen LogP contribution is 2.62. The first-order chi connectivity index (χ1) is 32.4. The van der Waals surface area contributed by atoms with Crippen molar-refractivity contribution in [2.45, 2.75) is 94.8 Å². The van der Waals surface area contributed by atoms with Crippen LogP contribution in [0.2, 0.25) is 0 Å². The topological polar surface area (TPSA) is 129 Å². The standard InChI is InChI=1S/C55H62N2O9/c1-3-30-63-55-50(57(54(60)61-2)36-41-20-14-19-38-16-6-7-21-44(38)41)35-48(56-66-51-23-10-13-31-62-51)46-33-40(18-8-11-28-58)45(22-9-12-29-59)52(53(46)55)47-34-43(26-27-49(47)65-55)64-42-25-24-37-15-4-5-17-39(37)32-42/h3-7,14-17,19-21,24-27,32-34,40,45,50-53,58-59H,1,8-13,18,22-23,28-31,35-36H2,2H3/t40-,45+,50-,51?,52+,53+,55+/m0/s1. The van der Waals surface area contributed by atoms with Crippen LogP contribution < -0.4 is 9.47 Å². The fourth-order valence-corrected chi connectivity index (χ4v) is 11.0. The number of methoxy groups -OCH3 is 1. The molecule has 9 rings (SSSR count). The van der Waals surface area contributed by atoms with Gasteiger partial charge in [0.2, 0.25) is 12.1 Å². The van der Waals surface area contributed by atoms with Gasteiger partial charge in [-0.3, -0.25) is 4.90 Å². The highest BCUT2D eigenvalue weighted by molar-refractivity contribution is 6.03. The van der Waals surface area contributed by atoms with E-state index >= 15 is 0 Å². The van der Waals surface area contributed by atoms with E-state index in [1.54, 1.807) is 11.0 Å². The van der Waals surface area contributed by atoms with E-state index in [1.165, 1.54) is 7.11 Å². The normalized spacial score (nSPS) is 25.0. The number of benzene rings is 5. The van der Waals surface area contributed by atoms with Crippen LogP contribution in [0, 0.1) is 17.8 Å². The van der Waals surface area contributed by atoms with Crippen molar-refractivity contribution >= 4 is 33.3 Å². The number of carbonyl (C=O) groups is 1. The zero-order valence-electron chi connectivity index (χ0n) is 37.9. The lowest BCUT2D eigenvalue weighted by Gasteiger charge is -2.59. The van der Waals surface area contributed by atoms with Gasteiger partial charge in [-0.1, -0.05) is 103 Å². The molecule has 0 aromatic heterocycles. The van der Waals surface area contributed by atoms with Gasteiger partial charge < -0.3 is 38.7 Å². The first kappa shape index (κ1) is 45.4. The first-order valence-corrected chi connectivity index (χ1v) is 23.8. The summed E-state index contributed by atoms with van der Waals surface area (Å²) in [4.78, 5) is 22.7. The first-order valence-electron chi connectivity index (χ1n) is 23.8. The number of rotatable bonds is 18. The molecule has 5 aromatic carbocycles. The Morgan fingerprint density at radius 3 is 2.42 bits per heavy atom. The lowest BCUT2D eigenvalue weighted by molar-refractivity contribution is -0.256. The van der Waals surface area contributed by atoms with E-state index in [1.807, 2.05) is 54.6 Å². The van der Waals surface area contributed by atoms with Crippen LogP contribution in [0.4, 0.5) is 4.79 Å². The predicted molar refractivity (Wildman–Crippen MR) is 256 cm³/mol.